The number of carbonyl (C=O) groups is 1. The normalized spacial score (nSPS) is 24.3. The molecule has 1 rings (SSSR count). The Morgan fingerprint density at radius 1 is 1.56 bits per heavy atom. The minimum atomic E-state index is -1.45. The van der Waals surface area contributed by atoms with Crippen LogP contribution in [0.4, 0.5) is 0 Å². The first-order valence-corrected chi connectivity index (χ1v) is 10.00. The Labute approximate surface area is 112 Å². The third-order valence-electron chi connectivity index (χ3n) is 3.39. The van der Waals surface area contributed by atoms with Crippen LogP contribution in [0.5, 0.6) is 0 Å². The topological polar surface area (TPSA) is 35.5 Å². The molecule has 1 aliphatic rings. The molecule has 1 fully saturated rings. The van der Waals surface area contributed by atoms with Gasteiger partial charge in [0.15, 0.2) is 8.32 Å². The Balaban J connectivity index is 2.47. The fraction of sp³-hybridized carbons (Fsp3) is 0.786. The third-order valence-corrected chi connectivity index (χ3v) is 5.92. The predicted octanol–water partition coefficient (Wildman–Crippen LogP) is 3.66. The molecule has 0 aromatic carbocycles. The van der Waals surface area contributed by atoms with Gasteiger partial charge < -0.3 is 9.16 Å². The smallest absolute Gasteiger partial charge is 0.333 e. The molecule has 1 heterocycles. The average Bonchev–Trinajstić information content (AvgIpc) is 2.26. The third kappa shape index (κ3) is 4.94. The zero-order chi connectivity index (χ0) is 13.8. The van der Waals surface area contributed by atoms with E-state index < -0.39 is 8.32 Å². The molecule has 2 unspecified atom stereocenters. The number of hydrogen-bond acceptors (Lipinski definition) is 3. The van der Waals surface area contributed by atoms with Crippen LogP contribution in [0, 0.1) is 0 Å². The van der Waals surface area contributed by atoms with Gasteiger partial charge in [0, 0.05) is 18.1 Å². The van der Waals surface area contributed by atoms with E-state index in [-0.39, 0.29) is 18.2 Å². The van der Waals surface area contributed by atoms with Crippen LogP contribution in [0.25, 0.3) is 0 Å². The van der Waals surface area contributed by atoms with Crippen LogP contribution >= 0.6 is 0 Å². The molecule has 2 atom stereocenters. The van der Waals surface area contributed by atoms with Gasteiger partial charge >= 0.3 is 5.97 Å². The summed E-state index contributed by atoms with van der Waals surface area (Å²) < 4.78 is 11.6. The molecule has 18 heavy (non-hydrogen) atoms. The first-order chi connectivity index (χ1) is 8.34. The molecule has 1 saturated heterocycles. The van der Waals surface area contributed by atoms with Crippen LogP contribution in [-0.4, -0.2) is 26.5 Å². The van der Waals surface area contributed by atoms with Gasteiger partial charge in [-0.05, 0) is 38.9 Å². The molecule has 0 N–H and O–H groups in total. The summed E-state index contributed by atoms with van der Waals surface area (Å²) in [4.78, 5) is 11.5. The van der Waals surface area contributed by atoms with E-state index in [1.807, 2.05) is 6.92 Å². The summed E-state index contributed by atoms with van der Waals surface area (Å²) in [6.07, 6.45) is 4.23. The lowest BCUT2D eigenvalue weighted by Crippen LogP contribution is -2.41. The van der Waals surface area contributed by atoms with Crippen LogP contribution in [0.2, 0.25) is 19.1 Å². The maximum atomic E-state index is 11.5. The van der Waals surface area contributed by atoms with Crippen molar-refractivity contribution in [2.24, 2.45) is 0 Å². The molecule has 0 aromatic rings. The fourth-order valence-electron chi connectivity index (χ4n) is 2.33. The Hall–Kier alpha value is -0.613. The molecule has 0 amide bonds. The van der Waals surface area contributed by atoms with Crippen LogP contribution in [-0.2, 0) is 14.0 Å². The molecular weight excluding hydrogens is 244 g/mol. The monoisotopic (exact) mass is 270 g/mol. The fourth-order valence-corrected chi connectivity index (χ4v) is 4.62. The molecule has 3 nitrogen and oxygen atoms in total. The van der Waals surface area contributed by atoms with E-state index in [0.29, 0.717) is 5.57 Å². The maximum absolute atomic E-state index is 11.5. The summed E-state index contributed by atoms with van der Waals surface area (Å²) in [7, 11) is -1.45. The lowest BCUT2D eigenvalue weighted by molar-refractivity contribution is -0.145. The summed E-state index contributed by atoms with van der Waals surface area (Å²) >= 11 is 0. The SMILES string of the molecule is C=C(C)C(=O)OC(CC)CC1CCC[Si](C)(C)O1. The number of esters is 1. The van der Waals surface area contributed by atoms with Crippen molar-refractivity contribution in [2.45, 2.75) is 70.9 Å². The van der Waals surface area contributed by atoms with Gasteiger partial charge in [-0.3, -0.25) is 0 Å². The predicted molar refractivity (Wildman–Crippen MR) is 76.0 cm³/mol. The number of carbonyl (C=O) groups excluding carboxylic acids is 1. The highest BCUT2D eigenvalue weighted by Gasteiger charge is 2.32. The van der Waals surface area contributed by atoms with Gasteiger partial charge in [-0.15, -0.1) is 0 Å². The zero-order valence-electron chi connectivity index (χ0n) is 12.1. The van der Waals surface area contributed by atoms with E-state index in [2.05, 4.69) is 19.7 Å². The van der Waals surface area contributed by atoms with E-state index in [1.165, 1.54) is 12.5 Å². The summed E-state index contributed by atoms with van der Waals surface area (Å²) in [5.41, 5.74) is 0.465. The highest BCUT2D eigenvalue weighted by molar-refractivity contribution is 6.71. The number of rotatable bonds is 5. The summed E-state index contributed by atoms with van der Waals surface area (Å²) in [6, 6.07) is 1.24. The Morgan fingerprint density at radius 2 is 2.22 bits per heavy atom. The van der Waals surface area contributed by atoms with Gasteiger partial charge in [0.2, 0.25) is 0 Å². The van der Waals surface area contributed by atoms with Crippen molar-refractivity contribution in [2.75, 3.05) is 0 Å². The van der Waals surface area contributed by atoms with Gasteiger partial charge in [0.25, 0.3) is 0 Å². The minimum Gasteiger partial charge on any atom is -0.459 e. The van der Waals surface area contributed by atoms with Crippen LogP contribution in [0.3, 0.4) is 0 Å². The van der Waals surface area contributed by atoms with E-state index in [4.69, 9.17) is 9.16 Å². The zero-order valence-corrected chi connectivity index (χ0v) is 13.1. The highest BCUT2D eigenvalue weighted by atomic mass is 28.4. The molecule has 0 radical (unpaired) electrons. The standard InChI is InChI=1S/C14H26O3Si/c1-6-12(16-14(15)11(2)3)10-13-8-7-9-18(4,5)17-13/h12-13H,2,6-10H2,1,3-5H3. The van der Waals surface area contributed by atoms with Crippen LogP contribution in [0.15, 0.2) is 12.2 Å². The van der Waals surface area contributed by atoms with Crippen molar-refractivity contribution in [1.82, 2.24) is 0 Å². The molecule has 1 aliphatic heterocycles. The van der Waals surface area contributed by atoms with E-state index in [0.717, 1.165) is 19.3 Å². The maximum Gasteiger partial charge on any atom is 0.333 e. The Kier molecular flexibility index (Phi) is 5.60. The Bertz CT molecular complexity index is 312. The van der Waals surface area contributed by atoms with Crippen LogP contribution in [0.1, 0.15) is 39.5 Å². The molecule has 0 bridgehead atoms. The molecule has 0 aliphatic carbocycles. The van der Waals surface area contributed by atoms with Crippen molar-refractivity contribution >= 4 is 14.3 Å². The highest BCUT2D eigenvalue weighted by Crippen LogP contribution is 2.29. The average molecular weight is 270 g/mol. The summed E-state index contributed by atoms with van der Waals surface area (Å²) in [6.45, 7) is 11.9. The quantitative estimate of drug-likeness (QED) is 0.434. The first kappa shape index (κ1) is 15.4. The second kappa shape index (κ2) is 6.52. The number of ether oxygens (including phenoxy) is 1. The van der Waals surface area contributed by atoms with Crippen LogP contribution < -0.4 is 0 Å². The van der Waals surface area contributed by atoms with Gasteiger partial charge in [-0.25, -0.2) is 4.79 Å². The van der Waals surface area contributed by atoms with Crippen molar-refractivity contribution in [1.29, 1.82) is 0 Å². The van der Waals surface area contributed by atoms with E-state index in [1.54, 1.807) is 6.92 Å². The molecule has 0 saturated carbocycles. The molecule has 0 spiro atoms. The minimum absolute atomic E-state index is 0.0397. The van der Waals surface area contributed by atoms with E-state index >= 15 is 0 Å². The molecule has 4 heteroatoms. The lowest BCUT2D eigenvalue weighted by Gasteiger charge is -2.36. The molecule has 104 valence electrons. The number of hydrogen-bond donors (Lipinski definition) is 0. The van der Waals surface area contributed by atoms with Gasteiger partial charge in [0.05, 0.1) is 0 Å². The lowest BCUT2D eigenvalue weighted by atomic mass is 10.1. The van der Waals surface area contributed by atoms with Crippen molar-refractivity contribution < 1.29 is 14.0 Å². The molecular formula is C14H26O3Si. The second-order valence-corrected chi connectivity index (χ2v) is 10.1. The van der Waals surface area contributed by atoms with Gasteiger partial charge in [-0.2, -0.15) is 0 Å². The van der Waals surface area contributed by atoms with Crippen molar-refractivity contribution in [3.8, 4) is 0 Å². The molecule has 0 aromatic heterocycles. The van der Waals surface area contributed by atoms with Crippen molar-refractivity contribution in [3.63, 3.8) is 0 Å². The largest absolute Gasteiger partial charge is 0.459 e. The van der Waals surface area contributed by atoms with Crippen molar-refractivity contribution in [3.05, 3.63) is 12.2 Å². The summed E-state index contributed by atoms with van der Waals surface area (Å²) in [5.74, 6) is -0.283. The second-order valence-electron chi connectivity index (χ2n) is 5.84. The first-order valence-electron chi connectivity index (χ1n) is 6.88. The Morgan fingerprint density at radius 3 is 2.72 bits per heavy atom. The summed E-state index contributed by atoms with van der Waals surface area (Å²) in [5, 5.41) is 0. The van der Waals surface area contributed by atoms with Gasteiger partial charge in [-0.1, -0.05) is 19.9 Å². The van der Waals surface area contributed by atoms with E-state index in [9.17, 15) is 4.79 Å². The van der Waals surface area contributed by atoms with Gasteiger partial charge in [0.1, 0.15) is 6.10 Å².